The topological polar surface area (TPSA) is 113 Å². The molecule has 0 unspecified atom stereocenters. The van der Waals surface area contributed by atoms with Crippen LogP contribution in [0.2, 0.25) is 5.02 Å². The van der Waals surface area contributed by atoms with Crippen LogP contribution in [0.15, 0.2) is 18.3 Å². The molecule has 13 heteroatoms. The molecule has 0 radical (unpaired) electrons. The molecule has 2 fully saturated rings. The molecule has 5 rings (SSSR count). The summed E-state index contributed by atoms with van der Waals surface area (Å²) < 4.78 is 37.6. The molecule has 33 heavy (non-hydrogen) atoms. The second-order valence-electron chi connectivity index (χ2n) is 7.60. The molecule has 0 bridgehead atoms. The van der Waals surface area contributed by atoms with Gasteiger partial charge in [-0.05, 0) is 12.8 Å². The Hall–Kier alpha value is -3.43. The van der Waals surface area contributed by atoms with Crippen LogP contribution >= 0.6 is 11.6 Å². The van der Waals surface area contributed by atoms with Gasteiger partial charge in [0.05, 0.1) is 35.8 Å². The minimum atomic E-state index is -2.99. The van der Waals surface area contributed by atoms with Gasteiger partial charge in [0, 0.05) is 31.3 Å². The lowest BCUT2D eigenvalue weighted by molar-refractivity contribution is -0.0497. The number of aromatic nitrogens is 4. The maximum atomic E-state index is 13.0. The number of nitrogens with zero attached hydrogens (tertiary/aromatic N) is 6. The second-order valence-corrected chi connectivity index (χ2v) is 7.98. The van der Waals surface area contributed by atoms with Gasteiger partial charge in [-0.3, -0.25) is 4.40 Å². The number of hydrogen-bond donors (Lipinski definition) is 2. The number of anilines is 4. The van der Waals surface area contributed by atoms with Gasteiger partial charge in [0.15, 0.2) is 5.69 Å². The van der Waals surface area contributed by atoms with Crippen LogP contribution in [0.3, 0.4) is 0 Å². The Labute approximate surface area is 192 Å². The quantitative estimate of drug-likeness (QED) is 0.529. The monoisotopic (exact) mass is 476 g/mol. The molecule has 3 aromatic rings. The van der Waals surface area contributed by atoms with Gasteiger partial charge < -0.3 is 25.0 Å². The van der Waals surface area contributed by atoms with Gasteiger partial charge in [-0.1, -0.05) is 11.6 Å². The fraction of sp³-hybridized carbons (Fsp3) is 0.400. The minimum absolute atomic E-state index is 0.0524. The van der Waals surface area contributed by atoms with Gasteiger partial charge in [-0.15, -0.1) is 0 Å². The zero-order valence-electron chi connectivity index (χ0n) is 17.3. The summed E-state index contributed by atoms with van der Waals surface area (Å²) in [7, 11) is 0. The molecule has 1 aromatic carbocycles. The van der Waals surface area contributed by atoms with E-state index in [2.05, 4.69) is 30.3 Å². The summed E-state index contributed by atoms with van der Waals surface area (Å²) in [6, 6.07) is 5.11. The second kappa shape index (κ2) is 8.84. The minimum Gasteiger partial charge on any atom is -0.435 e. The molecule has 172 valence electrons. The summed E-state index contributed by atoms with van der Waals surface area (Å²) in [4.78, 5) is 15.0. The number of benzene rings is 1. The molecule has 10 nitrogen and oxygen atoms in total. The molecule has 1 aliphatic carbocycles. The third kappa shape index (κ3) is 4.69. The highest BCUT2D eigenvalue weighted by Crippen LogP contribution is 2.39. The highest BCUT2D eigenvalue weighted by atomic mass is 35.5. The molecule has 1 saturated carbocycles. The van der Waals surface area contributed by atoms with Gasteiger partial charge in [-0.2, -0.15) is 29.0 Å². The van der Waals surface area contributed by atoms with E-state index in [1.807, 2.05) is 11.0 Å². The van der Waals surface area contributed by atoms with Gasteiger partial charge in [0.25, 0.3) is 0 Å². The maximum absolute atomic E-state index is 13.0. The number of halogens is 3. The van der Waals surface area contributed by atoms with Gasteiger partial charge >= 0.3 is 6.61 Å². The lowest BCUT2D eigenvalue weighted by Crippen LogP contribution is -2.36. The smallest absolute Gasteiger partial charge is 0.387 e. The zero-order valence-corrected chi connectivity index (χ0v) is 18.0. The standard InChI is InChI=1S/C20H19ClF2N8O2/c21-16-14(7-13(33-17(22)23)8-15(16)30-3-5-32-6-4-30)27-18-28-19(25-11-1-2-11)31-10-12(9-24)26-20(31)29-18/h7-8,10-11,17H,1-6H2,(H2,25,26,27,28,29). The first kappa shape index (κ1) is 21.4. The van der Waals surface area contributed by atoms with E-state index in [-0.39, 0.29) is 29.2 Å². The van der Waals surface area contributed by atoms with E-state index in [0.717, 1.165) is 12.8 Å². The van der Waals surface area contributed by atoms with Crippen LogP contribution in [0.5, 0.6) is 5.75 Å². The fourth-order valence-corrected chi connectivity index (χ4v) is 3.78. The summed E-state index contributed by atoms with van der Waals surface area (Å²) in [5.41, 5.74) is 1.02. The Balaban J connectivity index is 1.54. The van der Waals surface area contributed by atoms with Crippen LogP contribution in [-0.4, -0.2) is 58.3 Å². The largest absolute Gasteiger partial charge is 0.435 e. The Kier molecular flexibility index (Phi) is 5.74. The predicted octanol–water partition coefficient (Wildman–Crippen LogP) is 3.41. The van der Waals surface area contributed by atoms with Gasteiger partial charge in [0.2, 0.25) is 17.7 Å². The average molecular weight is 477 g/mol. The van der Waals surface area contributed by atoms with Gasteiger partial charge in [0.1, 0.15) is 11.8 Å². The van der Waals surface area contributed by atoms with Crippen molar-refractivity contribution in [2.24, 2.45) is 0 Å². The lowest BCUT2D eigenvalue weighted by Gasteiger charge is -2.30. The van der Waals surface area contributed by atoms with Crippen molar-refractivity contribution in [2.45, 2.75) is 25.5 Å². The number of rotatable bonds is 7. The zero-order chi connectivity index (χ0) is 22.9. The van der Waals surface area contributed by atoms with Crippen molar-refractivity contribution >= 4 is 40.7 Å². The SMILES string of the molecule is N#Cc1cn2c(NC3CC3)nc(Nc3cc(OC(F)F)cc(N4CCOCC4)c3Cl)nc2n1. The highest BCUT2D eigenvalue weighted by Gasteiger charge is 2.24. The van der Waals surface area contributed by atoms with E-state index in [1.165, 1.54) is 12.1 Å². The molecule has 2 aromatic heterocycles. The van der Waals surface area contributed by atoms with E-state index in [4.69, 9.17) is 16.3 Å². The van der Waals surface area contributed by atoms with Crippen molar-refractivity contribution < 1.29 is 18.3 Å². The van der Waals surface area contributed by atoms with Crippen LogP contribution in [0, 0.1) is 11.3 Å². The highest BCUT2D eigenvalue weighted by molar-refractivity contribution is 6.36. The first-order valence-electron chi connectivity index (χ1n) is 10.3. The normalized spacial score (nSPS) is 16.2. The van der Waals surface area contributed by atoms with E-state index in [9.17, 15) is 14.0 Å². The summed E-state index contributed by atoms with van der Waals surface area (Å²) >= 11 is 6.66. The maximum Gasteiger partial charge on any atom is 0.387 e. The number of ether oxygens (including phenoxy) is 2. The molecule has 2 N–H and O–H groups in total. The lowest BCUT2D eigenvalue weighted by atomic mass is 10.2. The summed E-state index contributed by atoms with van der Waals surface area (Å²) in [6.07, 6.45) is 3.57. The van der Waals surface area contributed by atoms with E-state index >= 15 is 0 Å². The van der Waals surface area contributed by atoms with Crippen LogP contribution < -0.4 is 20.3 Å². The average Bonchev–Trinajstić information content (AvgIpc) is 3.51. The molecule has 2 aliphatic rings. The van der Waals surface area contributed by atoms with E-state index in [0.29, 0.717) is 48.6 Å². The molecular formula is C20H19ClF2N8O2. The van der Waals surface area contributed by atoms with Crippen LogP contribution in [0.1, 0.15) is 18.5 Å². The first-order valence-corrected chi connectivity index (χ1v) is 10.7. The first-order chi connectivity index (χ1) is 16.0. The number of nitriles is 1. The van der Waals surface area contributed by atoms with Crippen molar-refractivity contribution in [3.05, 3.63) is 29.0 Å². The number of morpholine rings is 1. The summed E-state index contributed by atoms with van der Waals surface area (Å²) in [5, 5.41) is 15.8. The summed E-state index contributed by atoms with van der Waals surface area (Å²) in [5.74, 6) is 0.813. The van der Waals surface area contributed by atoms with E-state index in [1.54, 1.807) is 10.6 Å². The Morgan fingerprint density at radius 3 is 2.70 bits per heavy atom. The van der Waals surface area contributed by atoms with Crippen molar-refractivity contribution in [1.29, 1.82) is 5.26 Å². The molecule has 3 heterocycles. The number of hydrogen-bond acceptors (Lipinski definition) is 9. The van der Waals surface area contributed by atoms with Gasteiger partial charge in [-0.25, -0.2) is 0 Å². The van der Waals surface area contributed by atoms with Crippen molar-refractivity contribution in [3.8, 4) is 11.8 Å². The molecular weight excluding hydrogens is 458 g/mol. The summed E-state index contributed by atoms with van der Waals surface area (Å²) in [6.45, 7) is -0.889. The van der Waals surface area contributed by atoms with Crippen molar-refractivity contribution in [2.75, 3.05) is 41.8 Å². The Bertz CT molecular complexity index is 1220. The fourth-order valence-electron chi connectivity index (χ4n) is 3.50. The number of nitrogens with one attached hydrogen (secondary N) is 2. The van der Waals surface area contributed by atoms with E-state index < -0.39 is 6.61 Å². The predicted molar refractivity (Wildman–Crippen MR) is 117 cm³/mol. The number of imidazole rings is 1. The molecule has 0 atom stereocenters. The number of alkyl halides is 2. The van der Waals surface area contributed by atoms with Crippen molar-refractivity contribution in [3.63, 3.8) is 0 Å². The number of fused-ring (bicyclic) bond motifs is 1. The third-order valence-electron chi connectivity index (χ3n) is 5.21. The Morgan fingerprint density at radius 1 is 1.21 bits per heavy atom. The van der Waals surface area contributed by atoms with Crippen molar-refractivity contribution in [1.82, 2.24) is 19.4 Å². The van der Waals surface area contributed by atoms with Crippen LogP contribution in [-0.2, 0) is 4.74 Å². The van der Waals surface area contributed by atoms with Crippen LogP contribution in [0.4, 0.5) is 32.1 Å². The molecule has 0 spiro atoms. The van der Waals surface area contributed by atoms with Crippen LogP contribution in [0.25, 0.3) is 5.78 Å². The molecule has 1 aliphatic heterocycles. The third-order valence-corrected chi connectivity index (χ3v) is 5.61. The Morgan fingerprint density at radius 2 is 2.00 bits per heavy atom. The molecule has 0 amide bonds. The molecule has 1 saturated heterocycles.